The molecule has 0 aliphatic rings. The number of oxazole rings is 1. The fourth-order valence-corrected chi connectivity index (χ4v) is 1.29. The largest absolute Gasteiger partial charge is 0.450 e. The average molecular weight is 242 g/mol. The number of nitrogens with zero attached hydrogens (tertiary/aromatic N) is 1. The molecule has 0 unspecified atom stereocenters. The van der Waals surface area contributed by atoms with Gasteiger partial charge >= 0.3 is 6.08 Å². The van der Waals surface area contributed by atoms with Gasteiger partial charge in [-0.05, 0) is 12.5 Å². The van der Waals surface area contributed by atoms with Crippen molar-refractivity contribution in [1.29, 1.82) is 0 Å². The van der Waals surface area contributed by atoms with E-state index >= 15 is 0 Å². The van der Waals surface area contributed by atoms with Gasteiger partial charge in [-0.15, -0.1) is 0 Å². The van der Waals surface area contributed by atoms with Crippen LogP contribution in [0.5, 0.6) is 6.08 Å². The van der Waals surface area contributed by atoms with E-state index in [4.69, 9.17) is 13.9 Å². The van der Waals surface area contributed by atoms with Crippen LogP contribution in [0.4, 0.5) is 0 Å². The second-order valence-electron chi connectivity index (χ2n) is 4.32. The Balaban J connectivity index is 2.18. The minimum Gasteiger partial charge on any atom is -0.450 e. The highest BCUT2D eigenvalue weighted by Gasteiger charge is 2.04. The fourth-order valence-electron chi connectivity index (χ4n) is 1.29. The average Bonchev–Trinajstić information content (AvgIpc) is 2.72. The zero-order valence-corrected chi connectivity index (χ0v) is 10.9. The van der Waals surface area contributed by atoms with Gasteiger partial charge in [0.2, 0.25) is 0 Å². The third-order valence-corrected chi connectivity index (χ3v) is 2.11. The van der Waals surface area contributed by atoms with Crippen LogP contribution in [0, 0.1) is 5.92 Å². The highest BCUT2D eigenvalue weighted by molar-refractivity contribution is 4.99. The molecule has 0 spiro atoms. The highest BCUT2D eigenvalue weighted by Crippen LogP contribution is 2.10. The Bertz CT molecular complexity index is 300. The van der Waals surface area contributed by atoms with Gasteiger partial charge in [0.05, 0.1) is 12.3 Å². The summed E-state index contributed by atoms with van der Waals surface area (Å²) in [4.78, 5) is 4.21. The topological polar surface area (TPSA) is 56.5 Å². The van der Waals surface area contributed by atoms with Crippen molar-refractivity contribution in [3.05, 3.63) is 12.0 Å². The van der Waals surface area contributed by atoms with E-state index in [0.29, 0.717) is 31.8 Å². The summed E-state index contributed by atoms with van der Waals surface area (Å²) < 4.78 is 15.4. The van der Waals surface area contributed by atoms with Gasteiger partial charge in [-0.2, -0.15) is 4.98 Å². The molecule has 1 rings (SSSR count). The SMILES string of the molecule is COCCCOc1nc(CNCC(C)C)co1. The third-order valence-electron chi connectivity index (χ3n) is 2.11. The first-order chi connectivity index (χ1) is 8.22. The fraction of sp³-hybridized carbons (Fsp3) is 0.750. The second-order valence-corrected chi connectivity index (χ2v) is 4.32. The molecule has 17 heavy (non-hydrogen) atoms. The monoisotopic (exact) mass is 242 g/mol. The van der Waals surface area contributed by atoms with Gasteiger partial charge in [0, 0.05) is 26.7 Å². The van der Waals surface area contributed by atoms with Crippen LogP contribution >= 0.6 is 0 Å². The molecular weight excluding hydrogens is 220 g/mol. The van der Waals surface area contributed by atoms with E-state index in [0.717, 1.165) is 18.7 Å². The zero-order chi connectivity index (χ0) is 12.5. The van der Waals surface area contributed by atoms with E-state index in [-0.39, 0.29) is 0 Å². The van der Waals surface area contributed by atoms with E-state index in [1.807, 2.05) is 0 Å². The third kappa shape index (κ3) is 6.28. The Kier molecular flexibility index (Phi) is 6.65. The Labute approximate surface area is 103 Å². The molecule has 1 heterocycles. The summed E-state index contributed by atoms with van der Waals surface area (Å²) in [7, 11) is 1.67. The lowest BCUT2D eigenvalue weighted by Gasteiger charge is -2.04. The number of rotatable bonds is 9. The molecule has 0 aromatic carbocycles. The summed E-state index contributed by atoms with van der Waals surface area (Å²) in [5.41, 5.74) is 0.868. The molecule has 0 saturated heterocycles. The van der Waals surface area contributed by atoms with Crippen molar-refractivity contribution in [3.63, 3.8) is 0 Å². The predicted molar refractivity (Wildman–Crippen MR) is 65.0 cm³/mol. The van der Waals surface area contributed by atoms with Crippen molar-refractivity contribution in [2.75, 3.05) is 26.9 Å². The molecule has 0 amide bonds. The van der Waals surface area contributed by atoms with E-state index in [1.54, 1.807) is 13.4 Å². The highest BCUT2D eigenvalue weighted by atomic mass is 16.6. The Morgan fingerprint density at radius 1 is 1.41 bits per heavy atom. The minimum atomic E-state index is 0.336. The van der Waals surface area contributed by atoms with Crippen LogP contribution < -0.4 is 10.1 Å². The maximum absolute atomic E-state index is 5.33. The van der Waals surface area contributed by atoms with Crippen LogP contribution in [0.15, 0.2) is 10.7 Å². The number of aromatic nitrogens is 1. The summed E-state index contributed by atoms with van der Waals surface area (Å²) in [5, 5.41) is 3.29. The minimum absolute atomic E-state index is 0.336. The summed E-state index contributed by atoms with van der Waals surface area (Å²) in [6.07, 6.45) is 2.79. The number of hydrogen-bond acceptors (Lipinski definition) is 5. The molecule has 0 radical (unpaired) electrons. The molecule has 1 aromatic heterocycles. The number of nitrogens with one attached hydrogen (secondary N) is 1. The summed E-state index contributed by atoms with van der Waals surface area (Å²) >= 11 is 0. The number of methoxy groups -OCH3 is 1. The van der Waals surface area contributed by atoms with E-state index in [9.17, 15) is 0 Å². The van der Waals surface area contributed by atoms with Crippen molar-refractivity contribution >= 4 is 0 Å². The number of ether oxygens (including phenoxy) is 2. The van der Waals surface area contributed by atoms with Gasteiger partial charge < -0.3 is 19.2 Å². The quantitative estimate of drug-likeness (QED) is 0.670. The van der Waals surface area contributed by atoms with Crippen LogP contribution in [0.25, 0.3) is 0 Å². The summed E-state index contributed by atoms with van der Waals surface area (Å²) in [6.45, 7) is 7.26. The molecule has 0 fully saturated rings. The molecule has 5 nitrogen and oxygen atoms in total. The molecule has 98 valence electrons. The second kappa shape index (κ2) is 8.08. The van der Waals surface area contributed by atoms with Crippen molar-refractivity contribution in [3.8, 4) is 6.08 Å². The van der Waals surface area contributed by atoms with Crippen molar-refractivity contribution in [2.45, 2.75) is 26.8 Å². The van der Waals surface area contributed by atoms with Crippen LogP contribution in [-0.2, 0) is 11.3 Å². The first-order valence-electron chi connectivity index (χ1n) is 5.99. The lowest BCUT2D eigenvalue weighted by molar-refractivity contribution is 0.157. The Morgan fingerprint density at radius 2 is 2.24 bits per heavy atom. The molecule has 0 saturated carbocycles. The van der Waals surface area contributed by atoms with Crippen molar-refractivity contribution in [2.24, 2.45) is 5.92 Å². The van der Waals surface area contributed by atoms with Crippen LogP contribution in [-0.4, -0.2) is 31.9 Å². The van der Waals surface area contributed by atoms with Crippen LogP contribution in [0.2, 0.25) is 0 Å². The van der Waals surface area contributed by atoms with Crippen LogP contribution in [0.1, 0.15) is 26.0 Å². The molecule has 5 heteroatoms. The van der Waals surface area contributed by atoms with E-state index < -0.39 is 0 Å². The predicted octanol–water partition coefficient (Wildman–Crippen LogP) is 1.84. The van der Waals surface area contributed by atoms with Gasteiger partial charge in [0.1, 0.15) is 6.26 Å². The Hall–Kier alpha value is -1.07. The molecule has 0 bridgehead atoms. The molecular formula is C12H22N2O3. The lowest BCUT2D eigenvalue weighted by atomic mass is 10.2. The lowest BCUT2D eigenvalue weighted by Crippen LogP contribution is -2.19. The van der Waals surface area contributed by atoms with Gasteiger partial charge in [-0.1, -0.05) is 13.8 Å². The van der Waals surface area contributed by atoms with E-state index in [1.165, 1.54) is 0 Å². The summed E-state index contributed by atoms with van der Waals surface area (Å²) in [6, 6.07) is 0. The molecule has 0 aliphatic carbocycles. The van der Waals surface area contributed by atoms with E-state index in [2.05, 4.69) is 24.1 Å². The van der Waals surface area contributed by atoms with Gasteiger partial charge in [-0.25, -0.2) is 0 Å². The Morgan fingerprint density at radius 3 is 2.94 bits per heavy atom. The first-order valence-corrected chi connectivity index (χ1v) is 5.99. The molecule has 1 aromatic rings. The van der Waals surface area contributed by atoms with Crippen LogP contribution in [0.3, 0.4) is 0 Å². The standard InChI is InChI=1S/C12H22N2O3/c1-10(2)7-13-8-11-9-17-12(14-11)16-6-4-5-15-3/h9-10,13H,4-8H2,1-3H3. The molecule has 0 atom stereocenters. The maximum atomic E-state index is 5.33. The van der Waals surface area contributed by atoms with Gasteiger partial charge in [-0.3, -0.25) is 0 Å². The normalized spacial score (nSPS) is 11.1. The van der Waals surface area contributed by atoms with Crippen molar-refractivity contribution < 1.29 is 13.9 Å². The number of hydrogen-bond donors (Lipinski definition) is 1. The maximum Gasteiger partial charge on any atom is 0.393 e. The van der Waals surface area contributed by atoms with Crippen molar-refractivity contribution in [1.82, 2.24) is 10.3 Å². The summed E-state index contributed by atoms with van der Waals surface area (Å²) in [5.74, 6) is 0.631. The van der Waals surface area contributed by atoms with Gasteiger partial charge in [0.15, 0.2) is 0 Å². The van der Waals surface area contributed by atoms with Gasteiger partial charge in [0.25, 0.3) is 0 Å². The smallest absolute Gasteiger partial charge is 0.393 e. The first kappa shape index (κ1) is 14.0. The molecule has 1 N–H and O–H groups in total. The molecule has 0 aliphatic heterocycles. The zero-order valence-electron chi connectivity index (χ0n) is 10.9.